The van der Waals surface area contributed by atoms with Crippen molar-refractivity contribution in [3.05, 3.63) is 70.8 Å². The van der Waals surface area contributed by atoms with Gasteiger partial charge in [0.15, 0.2) is 11.4 Å². The van der Waals surface area contributed by atoms with Crippen molar-refractivity contribution in [3.63, 3.8) is 0 Å². The number of nitrogens with two attached hydrogens (primary N) is 1. The molecule has 0 bridgehead atoms. The van der Waals surface area contributed by atoms with E-state index in [1.807, 2.05) is 0 Å². The van der Waals surface area contributed by atoms with Gasteiger partial charge in [0.2, 0.25) is 0 Å². The van der Waals surface area contributed by atoms with Crippen LogP contribution in [0.25, 0.3) is 5.69 Å². The van der Waals surface area contributed by atoms with Crippen LogP contribution in [0.4, 0.5) is 10.1 Å². The molecular weight excluding hydrogens is 405 g/mol. The summed E-state index contributed by atoms with van der Waals surface area (Å²) in [5.41, 5.74) is 6.10. The minimum Gasteiger partial charge on any atom is -0.496 e. The third-order valence-corrected chi connectivity index (χ3v) is 4.27. The summed E-state index contributed by atoms with van der Waals surface area (Å²) in [7, 11) is 1.38. The van der Waals surface area contributed by atoms with Crippen molar-refractivity contribution in [1.29, 1.82) is 5.26 Å². The molecule has 0 spiro atoms. The van der Waals surface area contributed by atoms with Crippen LogP contribution >= 0.6 is 0 Å². The summed E-state index contributed by atoms with van der Waals surface area (Å²) in [6.07, 6.45) is 0. The number of hydrogen-bond acceptors (Lipinski definition) is 6. The number of carboxylic acids is 1. The highest BCUT2D eigenvalue weighted by atomic mass is 19.1. The molecule has 9 nitrogen and oxygen atoms in total. The maximum Gasteiger partial charge on any atom is 0.356 e. The second-order valence-corrected chi connectivity index (χ2v) is 6.13. The van der Waals surface area contributed by atoms with Crippen molar-refractivity contribution in [2.45, 2.75) is 14.0 Å². The molecule has 0 atom stereocenters. The number of nitrogens with zero attached hydrogens (tertiary/aromatic N) is 3. The van der Waals surface area contributed by atoms with Crippen LogP contribution in [-0.2, 0) is 6.54 Å². The second kappa shape index (κ2) is 9.41. The lowest BCUT2D eigenvalue weighted by Gasteiger charge is -2.10. The highest BCUT2D eigenvalue weighted by molar-refractivity contribution is 5.97. The number of carbonyl (C=O) groups excluding carboxylic acids is 1. The number of amides is 1. The van der Waals surface area contributed by atoms with Gasteiger partial charge in [-0.2, -0.15) is 10.4 Å². The first-order valence-corrected chi connectivity index (χ1v) is 8.58. The number of nitriles is 1. The number of anilines is 1. The third kappa shape index (κ3) is 4.62. The number of methoxy groups -OCH3 is 1. The van der Waals surface area contributed by atoms with Crippen molar-refractivity contribution < 1.29 is 23.8 Å². The van der Waals surface area contributed by atoms with E-state index in [4.69, 9.17) is 15.7 Å². The average molecular weight is 425 g/mol. The van der Waals surface area contributed by atoms with Crippen molar-refractivity contribution in [3.8, 4) is 17.5 Å². The molecule has 4 N–H and O–H groups in total. The molecule has 1 heterocycles. The highest BCUT2D eigenvalue weighted by Crippen LogP contribution is 2.22. The Morgan fingerprint density at radius 2 is 1.97 bits per heavy atom. The van der Waals surface area contributed by atoms with Crippen LogP contribution in [0.1, 0.15) is 39.5 Å². The molecular formula is C21H20FN5O4. The molecule has 0 saturated carbocycles. The van der Waals surface area contributed by atoms with Gasteiger partial charge in [-0.25, -0.2) is 13.9 Å². The molecule has 0 aliphatic carbocycles. The number of nitrogens with one attached hydrogen (secondary N) is 1. The first-order chi connectivity index (χ1) is 14.3. The molecule has 160 valence electrons. The monoisotopic (exact) mass is 425 g/mol. The Morgan fingerprint density at radius 3 is 2.55 bits per heavy atom. The Kier molecular flexibility index (Phi) is 6.95. The SMILES string of the molecule is C.COc1ccc(F)cc1C(=O)NCc1ccc(-n2nc(C#N)c(N)c2C(=O)O)cc1. The van der Waals surface area contributed by atoms with Crippen LogP contribution < -0.4 is 15.8 Å². The molecule has 1 amide bonds. The fourth-order valence-corrected chi connectivity index (χ4v) is 2.80. The number of carboxylic acid groups (broad SMARTS) is 1. The number of hydrogen-bond donors (Lipinski definition) is 3. The molecule has 0 unspecified atom stereocenters. The summed E-state index contributed by atoms with van der Waals surface area (Å²) in [6.45, 7) is 0.134. The fraction of sp³-hybridized carbons (Fsp3) is 0.143. The number of ether oxygens (including phenoxy) is 1. The molecule has 1 aromatic heterocycles. The van der Waals surface area contributed by atoms with Crippen molar-refractivity contribution in [2.24, 2.45) is 0 Å². The van der Waals surface area contributed by atoms with E-state index in [1.54, 1.807) is 30.3 Å². The number of benzene rings is 2. The van der Waals surface area contributed by atoms with Gasteiger partial charge >= 0.3 is 5.97 Å². The van der Waals surface area contributed by atoms with Gasteiger partial charge in [-0.1, -0.05) is 19.6 Å². The second-order valence-electron chi connectivity index (χ2n) is 6.13. The number of aromatic nitrogens is 2. The van der Waals surface area contributed by atoms with Gasteiger partial charge in [-0.3, -0.25) is 4.79 Å². The van der Waals surface area contributed by atoms with Crippen LogP contribution in [0.15, 0.2) is 42.5 Å². The molecule has 0 fully saturated rings. The molecule has 0 aliphatic heterocycles. The molecule has 3 rings (SSSR count). The van der Waals surface area contributed by atoms with Gasteiger partial charge in [0.25, 0.3) is 5.91 Å². The quantitative estimate of drug-likeness (QED) is 0.551. The summed E-state index contributed by atoms with van der Waals surface area (Å²) in [5, 5.41) is 25.0. The highest BCUT2D eigenvalue weighted by Gasteiger charge is 2.22. The van der Waals surface area contributed by atoms with E-state index in [9.17, 15) is 19.1 Å². The van der Waals surface area contributed by atoms with Crippen LogP contribution in [0, 0.1) is 17.1 Å². The first kappa shape index (κ1) is 22.9. The van der Waals surface area contributed by atoms with E-state index in [1.165, 1.54) is 19.2 Å². The van der Waals surface area contributed by atoms with Crippen LogP contribution in [0.5, 0.6) is 5.75 Å². The zero-order valence-corrected chi connectivity index (χ0v) is 15.7. The fourth-order valence-electron chi connectivity index (χ4n) is 2.80. The standard InChI is InChI=1S/C20H16FN5O4.CH4/c1-30-16-7-4-12(21)8-14(16)19(27)24-10-11-2-5-13(6-3-11)26-18(20(28)29)17(23)15(9-22)25-26;/h2-8H,10,23H2,1H3,(H,24,27)(H,28,29);1H4. The first-order valence-electron chi connectivity index (χ1n) is 8.58. The van der Waals surface area contributed by atoms with Gasteiger partial charge in [0.05, 0.1) is 18.4 Å². The van der Waals surface area contributed by atoms with E-state index in [0.717, 1.165) is 10.7 Å². The van der Waals surface area contributed by atoms with Crippen molar-refractivity contribution in [1.82, 2.24) is 15.1 Å². The number of nitrogen functional groups attached to an aromatic ring is 1. The maximum absolute atomic E-state index is 13.4. The molecule has 0 saturated heterocycles. The summed E-state index contributed by atoms with van der Waals surface area (Å²) >= 11 is 0. The Hall–Kier alpha value is -4.39. The lowest BCUT2D eigenvalue weighted by Crippen LogP contribution is -2.23. The molecule has 0 radical (unpaired) electrons. The topological polar surface area (TPSA) is 143 Å². The van der Waals surface area contributed by atoms with E-state index in [0.29, 0.717) is 11.3 Å². The lowest BCUT2D eigenvalue weighted by atomic mass is 10.1. The predicted molar refractivity (Wildman–Crippen MR) is 111 cm³/mol. The van der Waals surface area contributed by atoms with Crippen molar-refractivity contribution >= 4 is 17.6 Å². The van der Waals surface area contributed by atoms with Gasteiger partial charge in [0.1, 0.15) is 23.3 Å². The number of carbonyl (C=O) groups is 2. The Morgan fingerprint density at radius 1 is 1.29 bits per heavy atom. The average Bonchev–Trinajstić information content (AvgIpc) is 3.08. The van der Waals surface area contributed by atoms with Gasteiger partial charge in [-0.05, 0) is 35.9 Å². The summed E-state index contributed by atoms with van der Waals surface area (Å²) in [6, 6.07) is 11.8. The minimum atomic E-state index is -1.32. The normalized spacial score (nSPS) is 9.97. The Bertz CT molecular complexity index is 1170. The molecule has 0 aliphatic rings. The number of aromatic carboxylic acids is 1. The smallest absolute Gasteiger partial charge is 0.356 e. The number of rotatable bonds is 6. The maximum atomic E-state index is 13.4. The van der Waals surface area contributed by atoms with E-state index >= 15 is 0 Å². The lowest BCUT2D eigenvalue weighted by molar-refractivity contribution is 0.0688. The molecule has 10 heteroatoms. The van der Waals surface area contributed by atoms with Gasteiger partial charge < -0.3 is 20.9 Å². The predicted octanol–water partition coefficient (Wildman–Crippen LogP) is 2.74. The molecule has 3 aromatic rings. The third-order valence-electron chi connectivity index (χ3n) is 4.27. The zero-order chi connectivity index (χ0) is 21.8. The largest absolute Gasteiger partial charge is 0.496 e. The molecule has 31 heavy (non-hydrogen) atoms. The van der Waals surface area contributed by atoms with Gasteiger partial charge in [0, 0.05) is 6.54 Å². The minimum absolute atomic E-state index is 0. The van der Waals surface area contributed by atoms with Crippen molar-refractivity contribution in [2.75, 3.05) is 12.8 Å². The number of halogens is 1. The van der Waals surface area contributed by atoms with E-state index in [-0.39, 0.29) is 42.4 Å². The summed E-state index contributed by atoms with van der Waals surface area (Å²) in [5.74, 6) is -2.14. The summed E-state index contributed by atoms with van der Waals surface area (Å²) in [4.78, 5) is 23.8. The van der Waals surface area contributed by atoms with Crippen LogP contribution in [0.3, 0.4) is 0 Å². The zero-order valence-electron chi connectivity index (χ0n) is 15.7. The Balaban J connectivity index is 0.00000341. The summed E-state index contributed by atoms with van der Waals surface area (Å²) < 4.78 is 19.6. The van der Waals surface area contributed by atoms with E-state index < -0.39 is 17.7 Å². The van der Waals surface area contributed by atoms with E-state index in [2.05, 4.69) is 10.4 Å². The Labute approximate surface area is 177 Å². The van der Waals surface area contributed by atoms with Crippen LogP contribution in [0.2, 0.25) is 0 Å². The van der Waals surface area contributed by atoms with Gasteiger partial charge in [-0.15, -0.1) is 0 Å². The van der Waals surface area contributed by atoms with Crippen LogP contribution in [-0.4, -0.2) is 33.9 Å². The molecule has 2 aromatic carbocycles.